The molecule has 0 unspecified atom stereocenters. The van der Waals surface area contributed by atoms with E-state index >= 15 is 0 Å². The highest BCUT2D eigenvalue weighted by Gasteiger charge is 2.32. The lowest BCUT2D eigenvalue weighted by molar-refractivity contribution is -0.137. The van der Waals surface area contributed by atoms with Gasteiger partial charge in [-0.3, -0.25) is 9.59 Å². The molecule has 3 aromatic rings. The van der Waals surface area contributed by atoms with E-state index in [2.05, 4.69) is 15.1 Å². The number of aryl methyl sites for hydroxylation is 1. The highest BCUT2D eigenvalue weighted by atomic mass is 19.4. The third kappa shape index (κ3) is 4.70. The van der Waals surface area contributed by atoms with Crippen LogP contribution in [0, 0.1) is 6.92 Å². The van der Waals surface area contributed by atoms with Crippen molar-refractivity contribution in [3.8, 4) is 0 Å². The molecule has 0 bridgehead atoms. The van der Waals surface area contributed by atoms with Crippen LogP contribution in [0.4, 0.5) is 26.3 Å². The molecular formula is C18H15F6N5O2. The lowest BCUT2D eigenvalue weighted by Crippen LogP contribution is -2.34. The number of nitrogens with zero attached hydrogens (tertiary/aromatic N) is 3. The first-order valence-corrected chi connectivity index (χ1v) is 8.79. The topological polar surface area (TPSA) is 92.7 Å². The highest BCUT2D eigenvalue weighted by Crippen LogP contribution is 2.31. The first-order valence-electron chi connectivity index (χ1n) is 8.79. The average molecular weight is 447 g/mol. The Morgan fingerprint density at radius 3 is 2.32 bits per heavy atom. The Hall–Kier alpha value is -3.38. The van der Waals surface area contributed by atoms with E-state index in [1.165, 1.54) is 26.0 Å². The number of H-pyrrole nitrogens is 1. The lowest BCUT2D eigenvalue weighted by atomic mass is 10.1. The van der Waals surface area contributed by atoms with Crippen molar-refractivity contribution in [1.29, 1.82) is 0 Å². The van der Waals surface area contributed by atoms with E-state index in [1.54, 1.807) is 5.32 Å². The maximum absolute atomic E-state index is 12.8. The van der Waals surface area contributed by atoms with Gasteiger partial charge >= 0.3 is 12.4 Å². The van der Waals surface area contributed by atoms with Gasteiger partial charge in [-0.15, -0.1) is 0 Å². The Kier molecular flexibility index (Phi) is 5.54. The first kappa shape index (κ1) is 22.3. The molecule has 0 saturated heterocycles. The molecule has 2 N–H and O–H groups in total. The molecule has 13 heteroatoms. The van der Waals surface area contributed by atoms with Crippen molar-refractivity contribution in [1.82, 2.24) is 25.1 Å². The van der Waals surface area contributed by atoms with E-state index in [4.69, 9.17) is 0 Å². The van der Waals surface area contributed by atoms with Crippen molar-refractivity contribution in [3.05, 3.63) is 57.3 Å². The fourth-order valence-corrected chi connectivity index (χ4v) is 2.94. The van der Waals surface area contributed by atoms with Gasteiger partial charge in [-0.2, -0.15) is 31.4 Å². The number of rotatable bonds is 4. The molecule has 2 aromatic heterocycles. The van der Waals surface area contributed by atoms with Crippen molar-refractivity contribution in [2.24, 2.45) is 0 Å². The number of halogens is 6. The SMILES string of the molecule is Cc1nc2c(c(C(=O)NCC(F)(F)F)nn2[C@@H](C)c2ccc(C(F)(F)F)cc2)c(=O)[nH]1. The minimum absolute atomic E-state index is 0.0918. The third-order valence-corrected chi connectivity index (χ3v) is 4.43. The summed E-state index contributed by atoms with van der Waals surface area (Å²) in [5.74, 6) is -1.09. The monoisotopic (exact) mass is 447 g/mol. The van der Waals surface area contributed by atoms with Crippen molar-refractivity contribution in [3.63, 3.8) is 0 Å². The van der Waals surface area contributed by atoms with Crippen LogP contribution in [-0.4, -0.2) is 38.4 Å². The van der Waals surface area contributed by atoms with Crippen LogP contribution in [-0.2, 0) is 6.18 Å². The molecule has 0 saturated carbocycles. The summed E-state index contributed by atoms with van der Waals surface area (Å²) in [6.45, 7) is 1.35. The standard InChI is InChI=1S/C18H15F6N5O2/c1-8(10-3-5-11(6-4-10)18(22,23)24)29-14-12(15(30)27-9(2)26-14)13(28-29)16(31)25-7-17(19,20)21/h3-6,8H,7H2,1-2H3,(H,25,31)(H,26,27,30)/t8-/m0/s1. The normalized spacial score (nSPS) is 13.4. The molecule has 7 nitrogen and oxygen atoms in total. The lowest BCUT2D eigenvalue weighted by Gasteiger charge is -2.15. The summed E-state index contributed by atoms with van der Waals surface area (Å²) >= 11 is 0. The van der Waals surface area contributed by atoms with Gasteiger partial charge in [0.15, 0.2) is 11.3 Å². The predicted octanol–water partition coefficient (Wildman–Crippen LogP) is 3.35. The summed E-state index contributed by atoms with van der Waals surface area (Å²) in [5.41, 5.74) is -1.98. The zero-order valence-electron chi connectivity index (χ0n) is 16.0. The second kappa shape index (κ2) is 7.71. The van der Waals surface area contributed by atoms with Gasteiger partial charge in [0.05, 0.1) is 11.6 Å². The van der Waals surface area contributed by atoms with Crippen LogP contribution in [0.3, 0.4) is 0 Å². The number of carbonyl (C=O) groups is 1. The predicted molar refractivity (Wildman–Crippen MR) is 96.5 cm³/mol. The summed E-state index contributed by atoms with van der Waals surface area (Å²) in [6, 6.07) is 3.33. The van der Waals surface area contributed by atoms with E-state index < -0.39 is 47.7 Å². The summed E-state index contributed by atoms with van der Waals surface area (Å²) in [7, 11) is 0. The minimum atomic E-state index is -4.68. The third-order valence-electron chi connectivity index (χ3n) is 4.43. The molecule has 1 amide bonds. The van der Waals surface area contributed by atoms with Gasteiger partial charge in [0, 0.05) is 0 Å². The fourth-order valence-electron chi connectivity index (χ4n) is 2.94. The Balaban J connectivity index is 2.08. The molecule has 0 aliphatic carbocycles. The fraction of sp³-hybridized carbons (Fsp3) is 0.333. The summed E-state index contributed by atoms with van der Waals surface area (Å²) in [5, 5.41) is 5.29. The number of carbonyl (C=O) groups excluding carboxylic acids is 1. The molecule has 31 heavy (non-hydrogen) atoms. The largest absolute Gasteiger partial charge is 0.416 e. The highest BCUT2D eigenvalue weighted by molar-refractivity contribution is 6.03. The number of aromatic nitrogens is 4. The second-order valence-corrected chi connectivity index (χ2v) is 6.74. The summed E-state index contributed by atoms with van der Waals surface area (Å²) < 4.78 is 76.9. The molecule has 2 heterocycles. The van der Waals surface area contributed by atoms with Gasteiger partial charge in [-0.05, 0) is 31.5 Å². The van der Waals surface area contributed by atoms with Crippen molar-refractivity contribution >= 4 is 16.9 Å². The molecule has 0 fully saturated rings. The number of alkyl halides is 6. The number of benzene rings is 1. The van der Waals surface area contributed by atoms with Gasteiger partial charge in [-0.25, -0.2) is 9.67 Å². The van der Waals surface area contributed by atoms with Crippen LogP contribution in [0.2, 0.25) is 0 Å². The van der Waals surface area contributed by atoms with Crippen molar-refractivity contribution in [2.45, 2.75) is 32.2 Å². The number of fused-ring (bicyclic) bond motifs is 1. The molecule has 0 aliphatic heterocycles. The van der Waals surface area contributed by atoms with Gasteiger partial charge in [-0.1, -0.05) is 12.1 Å². The summed E-state index contributed by atoms with van der Waals surface area (Å²) in [6.07, 6.45) is -9.21. The number of hydrogen-bond acceptors (Lipinski definition) is 4. The van der Waals surface area contributed by atoms with E-state index in [0.717, 1.165) is 16.8 Å². The van der Waals surface area contributed by atoms with E-state index in [-0.39, 0.29) is 16.9 Å². The smallest absolute Gasteiger partial charge is 0.341 e. The number of nitrogens with one attached hydrogen (secondary N) is 2. The Labute approximate surface area is 170 Å². The number of hydrogen-bond donors (Lipinski definition) is 2. The molecule has 3 rings (SSSR count). The van der Waals surface area contributed by atoms with Gasteiger partial charge in [0.25, 0.3) is 11.5 Å². The molecular weight excluding hydrogens is 432 g/mol. The number of aromatic amines is 1. The van der Waals surface area contributed by atoms with Gasteiger partial charge < -0.3 is 10.3 Å². The molecule has 0 spiro atoms. The van der Waals surface area contributed by atoms with Crippen LogP contribution < -0.4 is 10.9 Å². The second-order valence-electron chi connectivity index (χ2n) is 6.74. The number of amides is 1. The molecule has 0 aliphatic rings. The molecule has 1 aromatic carbocycles. The van der Waals surface area contributed by atoms with Crippen LogP contribution in [0.15, 0.2) is 29.1 Å². The summed E-state index contributed by atoms with van der Waals surface area (Å²) in [4.78, 5) is 31.1. The van der Waals surface area contributed by atoms with Gasteiger partial charge in [0.2, 0.25) is 0 Å². The van der Waals surface area contributed by atoms with Crippen molar-refractivity contribution in [2.75, 3.05) is 6.54 Å². The Morgan fingerprint density at radius 1 is 1.16 bits per heavy atom. The molecule has 0 radical (unpaired) electrons. The van der Waals surface area contributed by atoms with E-state index in [0.29, 0.717) is 5.56 Å². The van der Waals surface area contributed by atoms with E-state index in [9.17, 15) is 35.9 Å². The molecule has 166 valence electrons. The Morgan fingerprint density at radius 2 is 1.77 bits per heavy atom. The average Bonchev–Trinajstić information content (AvgIpc) is 3.04. The molecule has 1 atom stereocenters. The van der Waals surface area contributed by atoms with Crippen molar-refractivity contribution < 1.29 is 31.1 Å². The quantitative estimate of drug-likeness (QED) is 0.600. The van der Waals surface area contributed by atoms with Crippen LogP contribution in [0.5, 0.6) is 0 Å². The van der Waals surface area contributed by atoms with E-state index in [1.807, 2.05) is 0 Å². The zero-order valence-corrected chi connectivity index (χ0v) is 16.0. The maximum atomic E-state index is 12.8. The first-order chi connectivity index (χ1) is 14.3. The van der Waals surface area contributed by atoms with Crippen LogP contribution in [0.25, 0.3) is 11.0 Å². The Bertz CT molecular complexity index is 1180. The van der Waals surface area contributed by atoms with Crippen LogP contribution >= 0.6 is 0 Å². The minimum Gasteiger partial charge on any atom is -0.341 e. The van der Waals surface area contributed by atoms with Crippen LogP contribution in [0.1, 0.15) is 40.4 Å². The maximum Gasteiger partial charge on any atom is 0.416 e. The van der Waals surface area contributed by atoms with Gasteiger partial charge in [0.1, 0.15) is 17.8 Å². The zero-order chi connectivity index (χ0) is 23.1.